The summed E-state index contributed by atoms with van der Waals surface area (Å²) >= 11 is 0. The number of amides is 1. The Kier molecular flexibility index (Phi) is 7.49. The molecule has 5 heteroatoms. The maximum Gasteiger partial charge on any atom is 0.226 e. The Morgan fingerprint density at radius 1 is 1.06 bits per heavy atom. The molecule has 2 aromatic carbocycles. The normalized spacial score (nSPS) is 23.3. The van der Waals surface area contributed by atoms with Crippen molar-refractivity contribution in [2.75, 3.05) is 20.1 Å². The molecule has 1 fully saturated rings. The van der Waals surface area contributed by atoms with Gasteiger partial charge in [-0.3, -0.25) is 9.69 Å². The Balaban J connectivity index is 1.19. The van der Waals surface area contributed by atoms with E-state index in [9.17, 15) is 9.90 Å². The fraction of sp³-hybridized carbons (Fsp3) is 0.516. The van der Waals surface area contributed by atoms with Crippen molar-refractivity contribution in [2.45, 2.75) is 64.6 Å². The average molecular weight is 488 g/mol. The van der Waals surface area contributed by atoms with Gasteiger partial charge in [-0.2, -0.15) is 0 Å². The van der Waals surface area contributed by atoms with E-state index >= 15 is 0 Å². The smallest absolute Gasteiger partial charge is 0.226 e. The summed E-state index contributed by atoms with van der Waals surface area (Å²) in [6, 6.07) is 18.8. The van der Waals surface area contributed by atoms with Gasteiger partial charge in [0, 0.05) is 42.0 Å². The molecule has 192 valence electrons. The van der Waals surface area contributed by atoms with E-state index in [1.165, 1.54) is 22.2 Å². The lowest BCUT2D eigenvalue weighted by atomic mass is 9.80. The van der Waals surface area contributed by atoms with Crippen LogP contribution in [0.2, 0.25) is 0 Å². The Bertz CT molecular complexity index is 1160. The van der Waals surface area contributed by atoms with Gasteiger partial charge >= 0.3 is 0 Å². The molecule has 1 amide bonds. The number of rotatable bonds is 7. The Labute approximate surface area is 215 Å². The number of aromatic nitrogens is 1. The maximum absolute atomic E-state index is 13.8. The lowest BCUT2D eigenvalue weighted by molar-refractivity contribution is -0.141. The molecule has 1 aromatic heterocycles. The molecule has 0 saturated heterocycles. The van der Waals surface area contributed by atoms with Gasteiger partial charge in [-0.15, -0.1) is 0 Å². The highest BCUT2D eigenvalue weighted by atomic mass is 16.3. The molecule has 1 saturated carbocycles. The van der Waals surface area contributed by atoms with Crippen molar-refractivity contribution in [3.63, 3.8) is 0 Å². The van der Waals surface area contributed by atoms with Crippen LogP contribution in [0.1, 0.15) is 62.4 Å². The van der Waals surface area contributed by atoms with E-state index < -0.39 is 6.23 Å². The van der Waals surface area contributed by atoms with E-state index in [1.807, 2.05) is 25.2 Å². The number of para-hydroxylation sites is 1. The van der Waals surface area contributed by atoms with Gasteiger partial charge in [0.15, 0.2) is 0 Å². The van der Waals surface area contributed by atoms with E-state index in [0.717, 1.165) is 50.8 Å². The number of nitrogens with zero attached hydrogens (tertiary/aromatic N) is 2. The number of fused-ring (bicyclic) bond motifs is 3. The van der Waals surface area contributed by atoms with Crippen molar-refractivity contribution in [1.29, 1.82) is 0 Å². The summed E-state index contributed by atoms with van der Waals surface area (Å²) in [7, 11) is 2.02. The molecule has 2 N–H and O–H groups in total. The number of nitrogens with one attached hydrogen (secondary N) is 1. The van der Waals surface area contributed by atoms with Gasteiger partial charge in [0.1, 0.15) is 6.23 Å². The SMILES string of the molecule is CC(C)C1c2[nH]c3ccccc3c2CCN1C(=O)C1CCC(CN(C)C(O)Cc2ccccc2)CC1. The van der Waals surface area contributed by atoms with Gasteiger partial charge in [-0.05, 0) is 68.2 Å². The lowest BCUT2D eigenvalue weighted by Crippen LogP contribution is -2.46. The molecule has 5 rings (SSSR count). The van der Waals surface area contributed by atoms with Crippen LogP contribution in [0.3, 0.4) is 0 Å². The number of aliphatic hydroxyl groups excluding tert-OH is 1. The molecule has 2 aliphatic rings. The van der Waals surface area contributed by atoms with E-state index in [0.29, 0.717) is 24.2 Å². The zero-order chi connectivity index (χ0) is 25.2. The molecule has 0 bridgehead atoms. The van der Waals surface area contributed by atoms with Gasteiger partial charge in [0.05, 0.1) is 6.04 Å². The second kappa shape index (κ2) is 10.8. The molecule has 3 aromatic rings. The molecule has 36 heavy (non-hydrogen) atoms. The minimum atomic E-state index is -0.475. The van der Waals surface area contributed by atoms with Crippen molar-refractivity contribution in [3.8, 4) is 0 Å². The first-order valence-corrected chi connectivity index (χ1v) is 13.7. The fourth-order valence-corrected chi connectivity index (χ4v) is 6.55. The number of H-pyrrole nitrogens is 1. The third-order valence-corrected chi connectivity index (χ3v) is 8.51. The maximum atomic E-state index is 13.8. The number of aliphatic hydroxyl groups is 1. The van der Waals surface area contributed by atoms with Crippen molar-refractivity contribution in [2.24, 2.45) is 17.8 Å². The second-order valence-electron chi connectivity index (χ2n) is 11.4. The molecular formula is C31H41N3O2. The summed E-state index contributed by atoms with van der Waals surface area (Å²) in [6.07, 6.45) is 5.10. The topological polar surface area (TPSA) is 59.6 Å². The van der Waals surface area contributed by atoms with E-state index in [2.05, 4.69) is 65.0 Å². The molecule has 0 radical (unpaired) electrons. The Morgan fingerprint density at radius 2 is 1.75 bits per heavy atom. The minimum Gasteiger partial charge on any atom is -0.378 e. The molecule has 0 spiro atoms. The van der Waals surface area contributed by atoms with Crippen molar-refractivity contribution < 1.29 is 9.90 Å². The van der Waals surface area contributed by atoms with E-state index in [1.54, 1.807) is 0 Å². The summed E-state index contributed by atoms with van der Waals surface area (Å²) < 4.78 is 0. The van der Waals surface area contributed by atoms with Gasteiger partial charge in [-0.25, -0.2) is 0 Å². The molecule has 1 aliphatic carbocycles. The summed E-state index contributed by atoms with van der Waals surface area (Å²) in [5.74, 6) is 1.35. The largest absolute Gasteiger partial charge is 0.378 e. The summed E-state index contributed by atoms with van der Waals surface area (Å²) in [4.78, 5) is 21.7. The fourth-order valence-electron chi connectivity index (χ4n) is 6.55. The van der Waals surface area contributed by atoms with Crippen LogP contribution in [-0.2, 0) is 17.6 Å². The Hall–Kier alpha value is -2.63. The molecule has 2 unspecified atom stereocenters. The minimum absolute atomic E-state index is 0.116. The zero-order valence-electron chi connectivity index (χ0n) is 22.0. The lowest BCUT2D eigenvalue weighted by Gasteiger charge is -2.41. The first-order valence-electron chi connectivity index (χ1n) is 13.7. The monoisotopic (exact) mass is 487 g/mol. The van der Waals surface area contributed by atoms with Gasteiger partial charge in [0.2, 0.25) is 5.91 Å². The third kappa shape index (κ3) is 5.09. The van der Waals surface area contributed by atoms with E-state index in [-0.39, 0.29) is 12.0 Å². The third-order valence-electron chi connectivity index (χ3n) is 8.51. The first-order chi connectivity index (χ1) is 17.4. The number of carbonyl (C=O) groups is 1. The average Bonchev–Trinajstić information content (AvgIpc) is 3.27. The highest BCUT2D eigenvalue weighted by molar-refractivity contribution is 5.86. The van der Waals surface area contributed by atoms with Gasteiger partial charge < -0.3 is 15.0 Å². The number of likely N-dealkylation sites (N-methyl/N-ethyl adjacent to an activating group) is 1. The Morgan fingerprint density at radius 3 is 2.47 bits per heavy atom. The molecule has 1 aliphatic heterocycles. The number of aromatic amines is 1. The van der Waals surface area contributed by atoms with Crippen molar-refractivity contribution in [1.82, 2.24) is 14.8 Å². The number of hydrogen-bond donors (Lipinski definition) is 2. The number of benzene rings is 2. The van der Waals surface area contributed by atoms with Gasteiger partial charge in [0.25, 0.3) is 0 Å². The van der Waals surface area contributed by atoms with Crippen LogP contribution < -0.4 is 0 Å². The molecular weight excluding hydrogens is 446 g/mol. The van der Waals surface area contributed by atoms with Crippen molar-refractivity contribution >= 4 is 16.8 Å². The molecule has 2 atom stereocenters. The predicted molar refractivity (Wildman–Crippen MR) is 146 cm³/mol. The van der Waals surface area contributed by atoms with Crippen LogP contribution in [0.15, 0.2) is 54.6 Å². The first kappa shape index (κ1) is 25.0. The quantitative estimate of drug-likeness (QED) is 0.430. The summed E-state index contributed by atoms with van der Waals surface area (Å²) in [5, 5.41) is 12.0. The van der Waals surface area contributed by atoms with E-state index in [4.69, 9.17) is 0 Å². The summed E-state index contributed by atoms with van der Waals surface area (Å²) in [6.45, 7) is 6.16. The van der Waals surface area contributed by atoms with Crippen LogP contribution in [0.25, 0.3) is 10.9 Å². The second-order valence-corrected chi connectivity index (χ2v) is 11.4. The van der Waals surface area contributed by atoms with Crippen LogP contribution in [-0.4, -0.2) is 52.2 Å². The molecule has 2 heterocycles. The predicted octanol–water partition coefficient (Wildman–Crippen LogP) is 5.55. The molecule has 5 nitrogen and oxygen atoms in total. The highest BCUT2D eigenvalue weighted by Gasteiger charge is 2.38. The van der Waals surface area contributed by atoms with Crippen LogP contribution in [0, 0.1) is 17.8 Å². The van der Waals surface area contributed by atoms with Crippen molar-refractivity contribution in [3.05, 3.63) is 71.4 Å². The standard InChI is InChI=1S/C31H41N3O2/c1-21(2)30-29-26(25-11-7-8-12-27(25)32-29)17-18-34(30)31(36)24-15-13-23(14-16-24)20-33(3)28(35)19-22-9-5-4-6-10-22/h4-12,21,23-24,28,30,32,35H,13-20H2,1-3H3. The number of hydrogen-bond acceptors (Lipinski definition) is 3. The zero-order valence-corrected chi connectivity index (χ0v) is 22.0. The number of carbonyl (C=O) groups excluding carboxylic acids is 1. The van der Waals surface area contributed by atoms with Crippen LogP contribution >= 0.6 is 0 Å². The highest BCUT2D eigenvalue weighted by Crippen LogP contribution is 2.40. The van der Waals surface area contributed by atoms with Crippen LogP contribution in [0.5, 0.6) is 0 Å². The van der Waals surface area contributed by atoms with Crippen LogP contribution in [0.4, 0.5) is 0 Å². The van der Waals surface area contributed by atoms with Gasteiger partial charge in [-0.1, -0.05) is 62.4 Å². The summed E-state index contributed by atoms with van der Waals surface area (Å²) in [5.41, 5.74) is 4.98.